The zero-order valence-electron chi connectivity index (χ0n) is 12.0. The lowest BCUT2D eigenvalue weighted by Crippen LogP contribution is -2.40. The highest BCUT2D eigenvalue weighted by Crippen LogP contribution is 2.31. The van der Waals surface area contributed by atoms with Crippen molar-refractivity contribution in [2.24, 2.45) is 5.73 Å². The summed E-state index contributed by atoms with van der Waals surface area (Å²) in [4.78, 5) is 2.57. The molecule has 1 aromatic rings. The Bertz CT molecular complexity index is 417. The Kier molecular flexibility index (Phi) is 5.12. The van der Waals surface area contributed by atoms with E-state index in [9.17, 15) is 0 Å². The van der Waals surface area contributed by atoms with Crippen LogP contribution in [-0.4, -0.2) is 18.6 Å². The standard InChI is InChI=1S/C16H25ClN2/c1-3-15-6-4-5-9-19(15)16-8-7-14(17)11-13(16)10-12(2)18/h7-8,11-12,15H,3-6,9-10,18H2,1-2H3. The minimum absolute atomic E-state index is 0.169. The molecule has 2 atom stereocenters. The molecule has 1 saturated heterocycles. The second kappa shape index (κ2) is 6.62. The summed E-state index contributed by atoms with van der Waals surface area (Å²) in [6, 6.07) is 7.10. The highest BCUT2D eigenvalue weighted by molar-refractivity contribution is 6.30. The van der Waals surface area contributed by atoms with Crippen LogP contribution in [0.3, 0.4) is 0 Å². The molecule has 19 heavy (non-hydrogen) atoms. The zero-order valence-corrected chi connectivity index (χ0v) is 12.8. The number of nitrogens with zero attached hydrogens (tertiary/aromatic N) is 1. The van der Waals surface area contributed by atoms with Crippen LogP contribution in [0, 0.1) is 0 Å². The third kappa shape index (κ3) is 3.64. The van der Waals surface area contributed by atoms with Crippen molar-refractivity contribution in [3.63, 3.8) is 0 Å². The molecule has 0 spiro atoms. The van der Waals surface area contributed by atoms with Crippen LogP contribution in [0.15, 0.2) is 18.2 Å². The summed E-state index contributed by atoms with van der Waals surface area (Å²) in [6.45, 7) is 5.49. The molecule has 0 aromatic heterocycles. The SMILES string of the molecule is CCC1CCCCN1c1ccc(Cl)cc1CC(C)N. The summed E-state index contributed by atoms with van der Waals surface area (Å²) < 4.78 is 0. The van der Waals surface area contributed by atoms with Crippen molar-refractivity contribution in [3.8, 4) is 0 Å². The predicted molar refractivity (Wildman–Crippen MR) is 84.1 cm³/mol. The molecule has 1 fully saturated rings. The molecule has 1 aliphatic rings. The molecular weight excluding hydrogens is 256 g/mol. The van der Waals surface area contributed by atoms with Crippen LogP contribution < -0.4 is 10.6 Å². The van der Waals surface area contributed by atoms with Crippen LogP contribution in [0.2, 0.25) is 5.02 Å². The van der Waals surface area contributed by atoms with E-state index in [2.05, 4.69) is 30.9 Å². The molecule has 2 nitrogen and oxygen atoms in total. The van der Waals surface area contributed by atoms with Gasteiger partial charge in [0, 0.05) is 29.3 Å². The molecule has 0 amide bonds. The number of nitrogens with two attached hydrogens (primary N) is 1. The fraction of sp³-hybridized carbons (Fsp3) is 0.625. The highest BCUT2D eigenvalue weighted by atomic mass is 35.5. The van der Waals surface area contributed by atoms with Gasteiger partial charge in [-0.2, -0.15) is 0 Å². The van der Waals surface area contributed by atoms with Crippen LogP contribution in [-0.2, 0) is 6.42 Å². The van der Waals surface area contributed by atoms with Crippen LogP contribution in [0.1, 0.15) is 45.1 Å². The van der Waals surface area contributed by atoms with Gasteiger partial charge in [0.25, 0.3) is 0 Å². The van der Waals surface area contributed by atoms with Crippen LogP contribution >= 0.6 is 11.6 Å². The predicted octanol–water partition coefficient (Wildman–Crippen LogP) is 4.00. The Morgan fingerprint density at radius 3 is 2.89 bits per heavy atom. The molecule has 1 aliphatic heterocycles. The molecule has 2 unspecified atom stereocenters. The van der Waals surface area contributed by atoms with Gasteiger partial charge < -0.3 is 10.6 Å². The Labute approximate surface area is 121 Å². The lowest BCUT2D eigenvalue weighted by molar-refractivity contribution is 0.449. The van der Waals surface area contributed by atoms with Gasteiger partial charge in [0.1, 0.15) is 0 Å². The Hall–Kier alpha value is -0.730. The first-order valence-electron chi connectivity index (χ1n) is 7.42. The average molecular weight is 281 g/mol. The molecule has 1 heterocycles. The Morgan fingerprint density at radius 1 is 1.42 bits per heavy atom. The number of hydrogen-bond acceptors (Lipinski definition) is 2. The molecule has 0 saturated carbocycles. The first-order valence-corrected chi connectivity index (χ1v) is 7.80. The Balaban J connectivity index is 2.31. The molecule has 0 radical (unpaired) electrons. The molecule has 3 heteroatoms. The molecule has 2 rings (SSSR count). The van der Waals surface area contributed by atoms with E-state index in [4.69, 9.17) is 17.3 Å². The van der Waals surface area contributed by atoms with Crippen molar-refractivity contribution < 1.29 is 0 Å². The summed E-state index contributed by atoms with van der Waals surface area (Å²) in [6.07, 6.45) is 6.04. The third-order valence-corrected chi connectivity index (χ3v) is 4.23. The fourth-order valence-corrected chi connectivity index (χ4v) is 3.28. The molecule has 0 bridgehead atoms. The number of halogens is 1. The third-order valence-electron chi connectivity index (χ3n) is 3.99. The molecular formula is C16H25ClN2. The number of anilines is 1. The number of piperidine rings is 1. The van der Waals surface area contributed by atoms with Crippen molar-refractivity contribution in [2.45, 2.75) is 58.0 Å². The average Bonchev–Trinajstić information content (AvgIpc) is 2.38. The van der Waals surface area contributed by atoms with Gasteiger partial charge in [-0.05, 0) is 62.8 Å². The van der Waals surface area contributed by atoms with Gasteiger partial charge >= 0.3 is 0 Å². The maximum atomic E-state index is 6.15. The summed E-state index contributed by atoms with van der Waals surface area (Å²) in [5, 5.41) is 0.810. The van der Waals surface area contributed by atoms with E-state index in [1.165, 1.54) is 36.9 Å². The summed E-state index contributed by atoms with van der Waals surface area (Å²) in [5.41, 5.74) is 8.61. The van der Waals surface area contributed by atoms with Crippen molar-refractivity contribution in [2.75, 3.05) is 11.4 Å². The molecule has 106 valence electrons. The van der Waals surface area contributed by atoms with Crippen molar-refractivity contribution in [3.05, 3.63) is 28.8 Å². The number of benzene rings is 1. The van der Waals surface area contributed by atoms with E-state index in [0.717, 1.165) is 18.0 Å². The number of hydrogen-bond donors (Lipinski definition) is 1. The van der Waals surface area contributed by atoms with Gasteiger partial charge in [0.05, 0.1) is 0 Å². The quantitative estimate of drug-likeness (QED) is 0.903. The summed E-state index contributed by atoms with van der Waals surface area (Å²) >= 11 is 6.15. The minimum atomic E-state index is 0.169. The van der Waals surface area contributed by atoms with E-state index in [1.807, 2.05) is 6.07 Å². The topological polar surface area (TPSA) is 29.3 Å². The van der Waals surface area contributed by atoms with E-state index >= 15 is 0 Å². The highest BCUT2D eigenvalue weighted by Gasteiger charge is 2.23. The summed E-state index contributed by atoms with van der Waals surface area (Å²) in [5.74, 6) is 0. The maximum Gasteiger partial charge on any atom is 0.0410 e. The van der Waals surface area contributed by atoms with Gasteiger partial charge in [-0.25, -0.2) is 0 Å². The van der Waals surface area contributed by atoms with Crippen molar-refractivity contribution >= 4 is 17.3 Å². The van der Waals surface area contributed by atoms with Gasteiger partial charge in [0.15, 0.2) is 0 Å². The lowest BCUT2D eigenvalue weighted by Gasteiger charge is -2.38. The van der Waals surface area contributed by atoms with Crippen LogP contribution in [0.4, 0.5) is 5.69 Å². The first kappa shape index (κ1) is 14.7. The largest absolute Gasteiger partial charge is 0.368 e. The molecule has 2 N–H and O–H groups in total. The van der Waals surface area contributed by atoms with Crippen LogP contribution in [0.25, 0.3) is 0 Å². The molecule has 0 aliphatic carbocycles. The molecule has 1 aromatic carbocycles. The summed E-state index contributed by atoms with van der Waals surface area (Å²) in [7, 11) is 0. The maximum absolute atomic E-state index is 6.15. The fourth-order valence-electron chi connectivity index (χ4n) is 3.09. The lowest BCUT2D eigenvalue weighted by atomic mass is 9.96. The second-order valence-corrected chi connectivity index (χ2v) is 6.14. The van der Waals surface area contributed by atoms with E-state index in [1.54, 1.807) is 0 Å². The van der Waals surface area contributed by atoms with Crippen molar-refractivity contribution in [1.29, 1.82) is 0 Å². The van der Waals surface area contributed by atoms with E-state index in [-0.39, 0.29) is 6.04 Å². The second-order valence-electron chi connectivity index (χ2n) is 5.71. The zero-order chi connectivity index (χ0) is 13.8. The van der Waals surface area contributed by atoms with Gasteiger partial charge in [-0.1, -0.05) is 18.5 Å². The van der Waals surface area contributed by atoms with Gasteiger partial charge in [0.2, 0.25) is 0 Å². The number of rotatable bonds is 4. The minimum Gasteiger partial charge on any atom is -0.368 e. The first-order chi connectivity index (χ1) is 9.11. The Morgan fingerprint density at radius 2 is 2.21 bits per heavy atom. The smallest absolute Gasteiger partial charge is 0.0410 e. The van der Waals surface area contributed by atoms with E-state index in [0.29, 0.717) is 6.04 Å². The van der Waals surface area contributed by atoms with E-state index < -0.39 is 0 Å². The van der Waals surface area contributed by atoms with Gasteiger partial charge in [-0.3, -0.25) is 0 Å². The van der Waals surface area contributed by atoms with Crippen LogP contribution in [0.5, 0.6) is 0 Å². The van der Waals surface area contributed by atoms with Gasteiger partial charge in [-0.15, -0.1) is 0 Å². The normalized spacial score (nSPS) is 21.5. The monoisotopic (exact) mass is 280 g/mol. The van der Waals surface area contributed by atoms with Crippen molar-refractivity contribution in [1.82, 2.24) is 0 Å².